The van der Waals surface area contributed by atoms with Gasteiger partial charge in [-0.15, -0.1) is 0 Å². The molecule has 0 bridgehead atoms. The van der Waals surface area contributed by atoms with E-state index in [2.05, 4.69) is 19.0 Å². The number of ketones is 2. The van der Waals surface area contributed by atoms with E-state index in [9.17, 15) is 62.0 Å². The molecule has 2 heterocycles. The van der Waals surface area contributed by atoms with Gasteiger partial charge in [0.15, 0.2) is 18.4 Å². The average Bonchev–Trinajstić information content (AvgIpc) is 3.60. The number of carbonyl (C=O) groups excluding carboxylic acids is 4. The quantitative estimate of drug-likeness (QED) is 0.0310. The highest BCUT2D eigenvalue weighted by Crippen LogP contribution is 2.28. The van der Waals surface area contributed by atoms with E-state index in [1.165, 1.54) is 0 Å². The third kappa shape index (κ3) is 42.4. The molecule has 0 aliphatic carbocycles. The molecule has 2 amide bonds. The van der Waals surface area contributed by atoms with Crippen LogP contribution in [-0.4, -0.2) is 190 Å². The summed E-state index contributed by atoms with van der Waals surface area (Å²) in [6.45, 7) is 5.67. The summed E-state index contributed by atoms with van der Waals surface area (Å²) in [5.74, 6) is 0.0214. The molecule has 494 valence electrons. The SMILES string of the molecule is CCC1OC(OCCCCCCCC(=O)CCCCCCCCC(=O)COCCOCCOCC(=O)NCCCCCCCC(=O)NCCCCCCOC2OC(C)CC(OS(=O)(=O)O)C2NS(=O)(=O)O)C(NS(=O)(=O)O)CC1OS(=O)(=O)O. The van der Waals surface area contributed by atoms with Crippen LogP contribution < -0.4 is 20.1 Å². The van der Waals surface area contributed by atoms with E-state index < -0.39 is 90.5 Å². The minimum Gasteiger partial charge on any atom is -0.377 e. The van der Waals surface area contributed by atoms with Crippen LogP contribution in [0.5, 0.6) is 0 Å². The zero-order valence-corrected chi connectivity index (χ0v) is 52.0. The molecule has 0 aromatic carbocycles. The lowest BCUT2D eigenvalue weighted by molar-refractivity contribution is -0.229. The third-order valence-electron chi connectivity index (χ3n) is 13.5. The molecular formula is C51H96N4O25S4. The average molecular weight is 1290 g/mol. The molecule has 2 aliphatic heterocycles. The molecule has 8 N–H and O–H groups in total. The third-order valence-corrected chi connectivity index (χ3v) is 15.7. The van der Waals surface area contributed by atoms with Gasteiger partial charge in [0.1, 0.15) is 37.2 Å². The van der Waals surface area contributed by atoms with Gasteiger partial charge in [-0.2, -0.15) is 43.1 Å². The Morgan fingerprint density at radius 2 is 0.905 bits per heavy atom. The smallest absolute Gasteiger partial charge is 0.377 e. The Kier molecular flexibility index (Phi) is 40.6. The lowest BCUT2D eigenvalue weighted by atomic mass is 9.99. The van der Waals surface area contributed by atoms with Crippen LogP contribution in [0.2, 0.25) is 0 Å². The number of unbranched alkanes of at least 4 members (excludes halogenated alkanes) is 16. The highest BCUT2D eigenvalue weighted by molar-refractivity contribution is 7.84. The van der Waals surface area contributed by atoms with Gasteiger partial charge >= 0.3 is 41.4 Å². The largest absolute Gasteiger partial charge is 0.397 e. The fraction of sp³-hybridized carbons (Fsp3) is 0.922. The summed E-state index contributed by atoms with van der Waals surface area (Å²) >= 11 is 0. The molecule has 0 aromatic heterocycles. The van der Waals surface area contributed by atoms with E-state index in [1.54, 1.807) is 13.8 Å². The number of amides is 2. The zero-order chi connectivity index (χ0) is 62.3. The Morgan fingerprint density at radius 1 is 0.464 bits per heavy atom. The van der Waals surface area contributed by atoms with Crippen molar-refractivity contribution in [1.82, 2.24) is 20.1 Å². The molecule has 0 radical (unpaired) electrons. The van der Waals surface area contributed by atoms with Gasteiger partial charge < -0.3 is 43.8 Å². The van der Waals surface area contributed by atoms with Crippen molar-refractivity contribution < 1.29 is 113 Å². The zero-order valence-electron chi connectivity index (χ0n) is 48.8. The van der Waals surface area contributed by atoms with Crippen molar-refractivity contribution in [2.75, 3.05) is 65.9 Å². The minimum absolute atomic E-state index is 0.0252. The lowest BCUT2D eigenvalue weighted by Gasteiger charge is -2.39. The van der Waals surface area contributed by atoms with Crippen molar-refractivity contribution in [1.29, 1.82) is 0 Å². The highest BCUT2D eigenvalue weighted by Gasteiger charge is 2.44. The van der Waals surface area contributed by atoms with Gasteiger partial charge in [-0.05, 0) is 71.1 Å². The number of hydrogen-bond donors (Lipinski definition) is 8. The normalized spacial score (nSPS) is 21.5. The molecule has 2 fully saturated rings. The number of ether oxygens (including phenoxy) is 7. The van der Waals surface area contributed by atoms with Crippen molar-refractivity contribution in [3.8, 4) is 0 Å². The molecule has 84 heavy (non-hydrogen) atoms. The molecule has 29 nitrogen and oxygen atoms in total. The molecule has 0 saturated carbocycles. The van der Waals surface area contributed by atoms with Crippen molar-refractivity contribution in [2.24, 2.45) is 0 Å². The van der Waals surface area contributed by atoms with Gasteiger partial charge in [0.05, 0.1) is 44.7 Å². The van der Waals surface area contributed by atoms with Gasteiger partial charge in [-0.3, -0.25) is 37.4 Å². The maximum Gasteiger partial charge on any atom is 0.397 e. The van der Waals surface area contributed by atoms with Gasteiger partial charge in [0.25, 0.3) is 0 Å². The summed E-state index contributed by atoms with van der Waals surface area (Å²) in [6.07, 6.45) is 11.9. The van der Waals surface area contributed by atoms with Crippen LogP contribution in [0, 0.1) is 0 Å². The molecular weight excluding hydrogens is 1200 g/mol. The predicted molar refractivity (Wildman–Crippen MR) is 304 cm³/mol. The molecule has 2 rings (SSSR count). The van der Waals surface area contributed by atoms with E-state index in [0.717, 1.165) is 116 Å². The molecule has 8 atom stereocenters. The Morgan fingerprint density at radius 3 is 1.43 bits per heavy atom. The molecule has 8 unspecified atom stereocenters. The van der Waals surface area contributed by atoms with Crippen LogP contribution in [0.25, 0.3) is 0 Å². The first kappa shape index (κ1) is 77.6. The summed E-state index contributed by atoms with van der Waals surface area (Å²) in [6, 6.07) is -2.60. The van der Waals surface area contributed by atoms with E-state index in [1.807, 2.05) is 9.44 Å². The second-order valence-electron chi connectivity index (χ2n) is 21.0. The van der Waals surface area contributed by atoms with Crippen molar-refractivity contribution in [2.45, 2.75) is 236 Å². The summed E-state index contributed by atoms with van der Waals surface area (Å²) in [4.78, 5) is 48.8. The summed E-state index contributed by atoms with van der Waals surface area (Å²) in [5.41, 5.74) is 0. The van der Waals surface area contributed by atoms with Gasteiger partial charge in [-0.25, -0.2) is 8.37 Å². The van der Waals surface area contributed by atoms with E-state index in [0.29, 0.717) is 58.2 Å². The van der Waals surface area contributed by atoms with Crippen LogP contribution in [0.3, 0.4) is 0 Å². The predicted octanol–water partition coefficient (Wildman–Crippen LogP) is 4.36. The lowest BCUT2D eigenvalue weighted by Crippen LogP contribution is -2.58. The topological polar surface area (TPSA) is 417 Å². The first-order valence-electron chi connectivity index (χ1n) is 29.4. The first-order chi connectivity index (χ1) is 39.7. The number of hydrogen-bond acceptors (Lipinski definition) is 21. The first-order valence-corrected chi connectivity index (χ1v) is 35.0. The number of rotatable bonds is 53. The number of nitrogens with one attached hydrogen (secondary N) is 4. The van der Waals surface area contributed by atoms with Crippen LogP contribution in [0.15, 0.2) is 0 Å². The summed E-state index contributed by atoms with van der Waals surface area (Å²) in [5, 5.41) is 5.73. The van der Waals surface area contributed by atoms with Crippen molar-refractivity contribution >= 4 is 64.8 Å². The van der Waals surface area contributed by atoms with Gasteiger partial charge in [-0.1, -0.05) is 84.0 Å². The van der Waals surface area contributed by atoms with E-state index >= 15 is 0 Å². The summed E-state index contributed by atoms with van der Waals surface area (Å²) in [7, 11) is -19.2. The maximum absolute atomic E-state index is 12.4. The van der Waals surface area contributed by atoms with Gasteiger partial charge in [0, 0.05) is 58.4 Å². The Labute approximate surface area is 497 Å². The minimum atomic E-state index is -4.93. The fourth-order valence-electron chi connectivity index (χ4n) is 9.36. The number of carbonyl (C=O) groups is 4. The second-order valence-corrected chi connectivity index (χ2v) is 25.5. The monoisotopic (exact) mass is 1290 g/mol. The van der Waals surface area contributed by atoms with E-state index in [4.69, 9.17) is 42.3 Å². The van der Waals surface area contributed by atoms with E-state index in [-0.39, 0.29) is 88.9 Å². The van der Waals surface area contributed by atoms with Crippen LogP contribution in [0.4, 0.5) is 0 Å². The number of Topliss-reactive ketones (excluding diaryl/α,β-unsaturated/α-hetero) is 2. The Hall–Kier alpha value is -2.52. The van der Waals surface area contributed by atoms with Gasteiger partial charge in [0.2, 0.25) is 11.8 Å². The van der Waals surface area contributed by atoms with Crippen LogP contribution in [0.1, 0.15) is 187 Å². The molecule has 2 aliphatic rings. The molecule has 0 spiro atoms. The molecule has 2 saturated heterocycles. The Balaban J connectivity index is 1.31. The standard InChI is InChI=1S/C51H96N4O25S4/c1-3-44-45(79-83(66,67)68)37-43(54-81(60,61)62)50(78-44)75-30-22-14-7-10-17-25-41(56)24-16-8-4-5-9-18-26-42(57)38-73-34-32-72-33-35-74-39-48(59)53-29-20-12-6-11-19-27-47(58)52-28-21-13-15-23-31-76-51-49(55-82(63,64)65)46(36-40(2)77-51)80-84(69,70)71/h40,43-46,49-51,54-55H,3-39H2,1-2H3,(H,52,58)(H,53,59)(H,60,61,62)(H,63,64,65)(H,66,67,68)(H,69,70,71). The maximum atomic E-state index is 12.4. The molecule has 33 heteroatoms. The van der Waals surface area contributed by atoms with Crippen LogP contribution in [-0.2, 0) is 102 Å². The fourth-order valence-corrected chi connectivity index (χ4v) is 11.6. The highest BCUT2D eigenvalue weighted by atomic mass is 32.3. The Bertz CT molecular complexity index is 2300. The van der Waals surface area contributed by atoms with Crippen LogP contribution >= 0.6 is 0 Å². The van der Waals surface area contributed by atoms with Crippen molar-refractivity contribution in [3.05, 3.63) is 0 Å². The van der Waals surface area contributed by atoms with Crippen molar-refractivity contribution in [3.63, 3.8) is 0 Å². The molecule has 0 aromatic rings. The summed E-state index contributed by atoms with van der Waals surface area (Å²) < 4.78 is 180. The second kappa shape index (κ2) is 44.0.